The van der Waals surface area contributed by atoms with Crippen molar-refractivity contribution in [1.29, 1.82) is 0 Å². The van der Waals surface area contributed by atoms with Crippen molar-refractivity contribution >= 4 is 22.5 Å². The van der Waals surface area contributed by atoms with Gasteiger partial charge >= 0.3 is 0 Å². The summed E-state index contributed by atoms with van der Waals surface area (Å²) in [5, 5.41) is 3.68. The number of hydrogen-bond donors (Lipinski definition) is 2. The highest BCUT2D eigenvalue weighted by atomic mass is 19.1. The van der Waals surface area contributed by atoms with E-state index in [0.717, 1.165) is 22.2 Å². The number of aromatic amines is 1. The van der Waals surface area contributed by atoms with Gasteiger partial charge in [0.15, 0.2) is 0 Å². The molecule has 0 unspecified atom stereocenters. The van der Waals surface area contributed by atoms with Crippen molar-refractivity contribution in [3.05, 3.63) is 78.1 Å². The van der Waals surface area contributed by atoms with E-state index in [2.05, 4.69) is 10.3 Å². The summed E-state index contributed by atoms with van der Waals surface area (Å²) in [4.78, 5) is 16.0. The van der Waals surface area contributed by atoms with E-state index in [1.165, 1.54) is 26.4 Å². The minimum absolute atomic E-state index is 0.280. The number of carbonyl (C=O) groups excluding carboxylic acids is 1. The average Bonchev–Trinajstić information content (AvgIpc) is 3.16. The van der Waals surface area contributed by atoms with Crippen LogP contribution in [0.5, 0.6) is 11.5 Å². The van der Waals surface area contributed by atoms with Crippen LogP contribution in [0.2, 0.25) is 0 Å². The lowest BCUT2D eigenvalue weighted by molar-refractivity contribution is 0.102. The summed E-state index contributed by atoms with van der Waals surface area (Å²) in [5.41, 5.74) is 3.62. The molecule has 1 heterocycles. The van der Waals surface area contributed by atoms with Crippen molar-refractivity contribution in [2.45, 2.75) is 0 Å². The van der Waals surface area contributed by atoms with Crippen LogP contribution in [-0.2, 0) is 0 Å². The van der Waals surface area contributed by atoms with E-state index in [-0.39, 0.29) is 11.7 Å². The number of amides is 1. The Morgan fingerprint density at radius 2 is 1.69 bits per heavy atom. The van der Waals surface area contributed by atoms with Crippen LogP contribution in [0.15, 0.2) is 66.7 Å². The number of fused-ring (bicyclic) bond motifs is 1. The Balaban J connectivity index is 1.61. The highest BCUT2D eigenvalue weighted by Crippen LogP contribution is 2.27. The molecule has 1 amide bonds. The summed E-state index contributed by atoms with van der Waals surface area (Å²) in [5.74, 6) is 0.512. The minimum atomic E-state index is -0.280. The Morgan fingerprint density at radius 1 is 0.931 bits per heavy atom. The summed E-state index contributed by atoms with van der Waals surface area (Å²) < 4.78 is 23.9. The summed E-state index contributed by atoms with van der Waals surface area (Å²) >= 11 is 0. The maximum Gasteiger partial charge on any atom is 0.255 e. The number of hydrogen-bond acceptors (Lipinski definition) is 3. The first-order valence-corrected chi connectivity index (χ1v) is 8.99. The van der Waals surface area contributed by atoms with E-state index in [0.29, 0.717) is 22.7 Å². The largest absolute Gasteiger partial charge is 0.497 e. The average molecular weight is 390 g/mol. The first kappa shape index (κ1) is 18.6. The summed E-state index contributed by atoms with van der Waals surface area (Å²) in [6.45, 7) is 0. The van der Waals surface area contributed by atoms with Gasteiger partial charge in [-0.25, -0.2) is 4.39 Å². The number of benzene rings is 3. The lowest BCUT2D eigenvalue weighted by Crippen LogP contribution is -2.12. The van der Waals surface area contributed by atoms with E-state index < -0.39 is 0 Å². The number of nitrogens with one attached hydrogen (secondary N) is 2. The SMILES string of the molecule is COc1cc(OC)cc(C(=O)Nc2cccc(-c3cc4cc(F)ccc4[nH]3)c2)c1. The topological polar surface area (TPSA) is 63.4 Å². The van der Waals surface area contributed by atoms with Crippen molar-refractivity contribution < 1.29 is 18.7 Å². The third kappa shape index (κ3) is 3.91. The normalized spacial score (nSPS) is 10.7. The molecular formula is C23H19FN2O3. The molecular weight excluding hydrogens is 371 g/mol. The zero-order chi connectivity index (χ0) is 20.4. The van der Waals surface area contributed by atoms with Gasteiger partial charge in [-0.1, -0.05) is 12.1 Å². The molecule has 1 aromatic heterocycles. The maximum atomic E-state index is 13.4. The zero-order valence-corrected chi connectivity index (χ0v) is 16.0. The van der Waals surface area contributed by atoms with Crippen LogP contribution < -0.4 is 14.8 Å². The molecule has 0 saturated carbocycles. The number of H-pyrrole nitrogens is 1. The summed E-state index contributed by atoms with van der Waals surface area (Å²) in [7, 11) is 3.07. The first-order chi connectivity index (χ1) is 14.1. The molecule has 0 aliphatic heterocycles. The molecule has 0 fully saturated rings. The van der Waals surface area contributed by atoms with E-state index >= 15 is 0 Å². The van der Waals surface area contributed by atoms with Crippen LogP contribution in [0.25, 0.3) is 22.2 Å². The fourth-order valence-electron chi connectivity index (χ4n) is 3.17. The van der Waals surface area contributed by atoms with Gasteiger partial charge in [0, 0.05) is 39.5 Å². The number of anilines is 1. The highest BCUT2D eigenvalue weighted by Gasteiger charge is 2.11. The second-order valence-electron chi connectivity index (χ2n) is 6.55. The van der Waals surface area contributed by atoms with E-state index in [1.54, 1.807) is 30.3 Å². The minimum Gasteiger partial charge on any atom is -0.497 e. The molecule has 146 valence electrons. The first-order valence-electron chi connectivity index (χ1n) is 8.99. The van der Waals surface area contributed by atoms with Crippen molar-refractivity contribution in [1.82, 2.24) is 4.98 Å². The van der Waals surface area contributed by atoms with Gasteiger partial charge in [-0.2, -0.15) is 0 Å². The van der Waals surface area contributed by atoms with Gasteiger partial charge in [0.25, 0.3) is 5.91 Å². The monoisotopic (exact) mass is 390 g/mol. The second-order valence-corrected chi connectivity index (χ2v) is 6.55. The standard InChI is InChI=1S/C23H19FN2O3/c1-28-19-10-16(11-20(13-19)29-2)23(27)25-18-5-3-4-14(9-18)22-12-15-8-17(24)6-7-21(15)26-22/h3-13,26H,1-2H3,(H,25,27). The van der Waals surface area contributed by atoms with Crippen molar-refractivity contribution in [3.63, 3.8) is 0 Å². The summed E-state index contributed by atoms with van der Waals surface area (Å²) in [6.07, 6.45) is 0. The number of methoxy groups -OCH3 is 2. The maximum absolute atomic E-state index is 13.4. The number of halogens is 1. The highest BCUT2D eigenvalue weighted by molar-refractivity contribution is 6.05. The van der Waals surface area contributed by atoms with E-state index in [9.17, 15) is 9.18 Å². The second kappa shape index (κ2) is 7.67. The molecule has 3 aromatic carbocycles. The third-order valence-corrected chi connectivity index (χ3v) is 4.63. The van der Waals surface area contributed by atoms with Crippen molar-refractivity contribution in [2.24, 2.45) is 0 Å². The van der Waals surface area contributed by atoms with Gasteiger partial charge in [-0.15, -0.1) is 0 Å². The molecule has 0 atom stereocenters. The third-order valence-electron chi connectivity index (χ3n) is 4.63. The molecule has 4 rings (SSSR count). The van der Waals surface area contributed by atoms with Gasteiger partial charge in [0.2, 0.25) is 0 Å². The van der Waals surface area contributed by atoms with Crippen LogP contribution in [0.3, 0.4) is 0 Å². The Bertz CT molecular complexity index is 1180. The molecule has 0 saturated heterocycles. The fourth-order valence-corrected chi connectivity index (χ4v) is 3.17. The molecule has 0 radical (unpaired) electrons. The molecule has 6 heteroatoms. The number of carbonyl (C=O) groups is 1. The Morgan fingerprint density at radius 3 is 2.41 bits per heavy atom. The lowest BCUT2D eigenvalue weighted by Gasteiger charge is -2.10. The van der Waals surface area contributed by atoms with Crippen molar-refractivity contribution in [2.75, 3.05) is 19.5 Å². The van der Waals surface area contributed by atoms with Crippen LogP contribution in [-0.4, -0.2) is 25.1 Å². The Kier molecular flexibility index (Phi) is 4.91. The van der Waals surface area contributed by atoms with Crippen LogP contribution >= 0.6 is 0 Å². The predicted octanol–water partition coefficient (Wildman–Crippen LogP) is 5.24. The molecule has 29 heavy (non-hydrogen) atoms. The predicted molar refractivity (Wildman–Crippen MR) is 111 cm³/mol. The molecule has 5 nitrogen and oxygen atoms in total. The van der Waals surface area contributed by atoms with Crippen LogP contribution in [0, 0.1) is 5.82 Å². The fraction of sp³-hybridized carbons (Fsp3) is 0.0870. The quantitative estimate of drug-likeness (QED) is 0.490. The molecule has 4 aromatic rings. The van der Waals surface area contributed by atoms with Gasteiger partial charge < -0.3 is 19.8 Å². The Hall–Kier alpha value is -3.80. The van der Waals surface area contributed by atoms with Crippen LogP contribution in [0.4, 0.5) is 10.1 Å². The smallest absolute Gasteiger partial charge is 0.255 e. The number of ether oxygens (including phenoxy) is 2. The van der Waals surface area contributed by atoms with Gasteiger partial charge in [0.1, 0.15) is 17.3 Å². The van der Waals surface area contributed by atoms with E-state index in [4.69, 9.17) is 9.47 Å². The molecule has 0 aliphatic carbocycles. The molecule has 2 N–H and O–H groups in total. The zero-order valence-electron chi connectivity index (χ0n) is 16.0. The summed E-state index contributed by atoms with van der Waals surface area (Å²) in [6, 6.07) is 18.9. The lowest BCUT2D eigenvalue weighted by atomic mass is 10.1. The Labute approximate surface area is 167 Å². The number of rotatable bonds is 5. The number of aromatic nitrogens is 1. The molecule has 0 spiro atoms. The van der Waals surface area contributed by atoms with E-state index in [1.807, 2.05) is 24.3 Å². The van der Waals surface area contributed by atoms with Crippen LogP contribution in [0.1, 0.15) is 10.4 Å². The molecule has 0 aliphatic rings. The van der Waals surface area contributed by atoms with Gasteiger partial charge in [0.05, 0.1) is 14.2 Å². The van der Waals surface area contributed by atoms with Gasteiger partial charge in [-0.05, 0) is 48.5 Å². The van der Waals surface area contributed by atoms with Crippen molar-refractivity contribution in [3.8, 4) is 22.8 Å². The molecule has 0 bridgehead atoms. The van der Waals surface area contributed by atoms with Gasteiger partial charge in [-0.3, -0.25) is 4.79 Å².